The molecule has 0 saturated carbocycles. The predicted octanol–water partition coefficient (Wildman–Crippen LogP) is 4.18. The first-order chi connectivity index (χ1) is 12.5. The summed E-state index contributed by atoms with van der Waals surface area (Å²) in [5.41, 5.74) is 7.18. The molecular weight excluding hydrogens is 326 g/mol. The molecule has 1 aliphatic heterocycles. The number of nitrogens with one attached hydrogen (secondary N) is 1. The summed E-state index contributed by atoms with van der Waals surface area (Å²) in [5, 5.41) is 5.33. The molecule has 1 N–H and O–H groups in total. The molecular formula is C21H27N3O2. The van der Waals surface area contributed by atoms with Crippen LogP contribution in [0.3, 0.4) is 0 Å². The zero-order chi connectivity index (χ0) is 18.3. The molecule has 26 heavy (non-hydrogen) atoms. The predicted molar refractivity (Wildman–Crippen MR) is 102 cm³/mol. The van der Waals surface area contributed by atoms with Crippen LogP contribution in [0, 0.1) is 27.7 Å². The van der Waals surface area contributed by atoms with Crippen molar-refractivity contribution in [3.63, 3.8) is 0 Å². The molecule has 1 saturated heterocycles. The lowest BCUT2D eigenvalue weighted by molar-refractivity contribution is 0.0452. The zero-order valence-corrected chi connectivity index (χ0v) is 16.1. The van der Waals surface area contributed by atoms with Crippen LogP contribution in [0.15, 0.2) is 22.7 Å². The van der Waals surface area contributed by atoms with Gasteiger partial charge >= 0.3 is 0 Å². The molecule has 1 unspecified atom stereocenters. The van der Waals surface area contributed by atoms with Crippen LogP contribution in [0.5, 0.6) is 0 Å². The third-order valence-corrected chi connectivity index (χ3v) is 5.41. The van der Waals surface area contributed by atoms with E-state index in [0.717, 1.165) is 43.1 Å². The fourth-order valence-electron chi connectivity index (χ4n) is 3.97. The van der Waals surface area contributed by atoms with E-state index >= 15 is 0 Å². The molecule has 4 rings (SSSR count). The molecule has 0 radical (unpaired) electrons. The fourth-order valence-corrected chi connectivity index (χ4v) is 3.97. The van der Waals surface area contributed by atoms with E-state index in [4.69, 9.17) is 9.26 Å². The number of aromatic amines is 1. The van der Waals surface area contributed by atoms with Crippen molar-refractivity contribution in [1.29, 1.82) is 0 Å². The van der Waals surface area contributed by atoms with E-state index in [9.17, 15) is 0 Å². The van der Waals surface area contributed by atoms with Gasteiger partial charge in [0.15, 0.2) is 0 Å². The van der Waals surface area contributed by atoms with E-state index in [1.165, 1.54) is 27.7 Å². The molecule has 0 amide bonds. The van der Waals surface area contributed by atoms with Crippen molar-refractivity contribution in [3.05, 3.63) is 52.0 Å². The summed E-state index contributed by atoms with van der Waals surface area (Å²) in [5.74, 6) is 0.862. The summed E-state index contributed by atoms with van der Waals surface area (Å²) >= 11 is 0. The number of nitrogens with zero attached hydrogens (tertiary/aromatic N) is 2. The summed E-state index contributed by atoms with van der Waals surface area (Å²) in [4.78, 5) is 6.05. The smallest absolute Gasteiger partial charge is 0.139 e. The number of H-pyrrole nitrogens is 1. The first-order valence-electron chi connectivity index (χ1n) is 9.34. The SMILES string of the molecule is Cc1cc(C)c2cc(CN3CCC(OCc4c(C)noc4C)C3)[nH]c2c1. The number of aromatic nitrogens is 2. The topological polar surface area (TPSA) is 54.3 Å². The minimum Gasteiger partial charge on any atom is -0.372 e. The third kappa shape index (κ3) is 3.41. The van der Waals surface area contributed by atoms with Crippen molar-refractivity contribution < 1.29 is 9.26 Å². The van der Waals surface area contributed by atoms with Gasteiger partial charge in [-0.2, -0.15) is 0 Å². The Kier molecular flexibility index (Phi) is 4.59. The van der Waals surface area contributed by atoms with Crippen LogP contribution < -0.4 is 0 Å². The first kappa shape index (κ1) is 17.3. The van der Waals surface area contributed by atoms with Crippen LogP contribution in [0.2, 0.25) is 0 Å². The molecule has 0 aliphatic carbocycles. The molecule has 5 nitrogen and oxygen atoms in total. The Labute approximate surface area is 154 Å². The summed E-state index contributed by atoms with van der Waals surface area (Å²) in [7, 11) is 0. The van der Waals surface area contributed by atoms with E-state index in [1.807, 2.05) is 13.8 Å². The van der Waals surface area contributed by atoms with Gasteiger partial charge in [0.1, 0.15) is 5.76 Å². The lowest BCUT2D eigenvalue weighted by atomic mass is 10.1. The van der Waals surface area contributed by atoms with Crippen molar-refractivity contribution in [2.75, 3.05) is 13.1 Å². The highest BCUT2D eigenvalue weighted by molar-refractivity contribution is 5.84. The Hall–Kier alpha value is -2.11. The molecule has 0 spiro atoms. The second-order valence-corrected chi connectivity index (χ2v) is 7.60. The number of benzene rings is 1. The molecule has 0 bridgehead atoms. The van der Waals surface area contributed by atoms with Crippen molar-refractivity contribution in [3.8, 4) is 0 Å². The molecule has 1 aliphatic rings. The summed E-state index contributed by atoms with van der Waals surface area (Å²) < 4.78 is 11.3. The van der Waals surface area contributed by atoms with Gasteiger partial charge in [-0.15, -0.1) is 0 Å². The maximum absolute atomic E-state index is 6.12. The maximum atomic E-state index is 6.12. The van der Waals surface area contributed by atoms with Crippen LogP contribution >= 0.6 is 0 Å². The van der Waals surface area contributed by atoms with Crippen LogP contribution in [-0.4, -0.2) is 34.2 Å². The molecule has 138 valence electrons. The summed E-state index contributed by atoms with van der Waals surface area (Å²) in [6, 6.07) is 6.77. The molecule has 5 heteroatoms. The van der Waals surface area contributed by atoms with E-state index in [1.54, 1.807) is 0 Å². The quantitative estimate of drug-likeness (QED) is 0.747. The highest BCUT2D eigenvalue weighted by Crippen LogP contribution is 2.24. The lowest BCUT2D eigenvalue weighted by Crippen LogP contribution is -2.23. The Morgan fingerprint density at radius 1 is 1.23 bits per heavy atom. The second kappa shape index (κ2) is 6.89. The van der Waals surface area contributed by atoms with Crippen molar-refractivity contribution in [1.82, 2.24) is 15.0 Å². The number of fused-ring (bicyclic) bond motifs is 1. The average molecular weight is 353 g/mol. The van der Waals surface area contributed by atoms with Crippen molar-refractivity contribution in [2.45, 2.75) is 53.4 Å². The third-order valence-electron chi connectivity index (χ3n) is 5.41. The number of rotatable bonds is 5. The molecule has 3 heterocycles. The standard InChI is InChI=1S/C21H27N3O2/c1-13-7-14(2)19-9-17(22-21(19)8-13)10-24-6-5-18(11-24)25-12-20-15(3)23-26-16(20)4/h7-9,18,22H,5-6,10-12H2,1-4H3. The number of hydrogen-bond donors (Lipinski definition) is 1. The van der Waals surface area contributed by atoms with Crippen LogP contribution in [0.4, 0.5) is 0 Å². The van der Waals surface area contributed by atoms with Crippen molar-refractivity contribution in [2.24, 2.45) is 0 Å². The Bertz CT molecular complexity index is 905. The number of likely N-dealkylation sites (tertiary alicyclic amines) is 1. The summed E-state index contributed by atoms with van der Waals surface area (Å²) in [6.45, 7) is 11.8. The Morgan fingerprint density at radius 2 is 2.08 bits per heavy atom. The van der Waals surface area contributed by atoms with Crippen LogP contribution in [-0.2, 0) is 17.9 Å². The Balaban J connectivity index is 1.36. The second-order valence-electron chi connectivity index (χ2n) is 7.60. The zero-order valence-electron chi connectivity index (χ0n) is 16.1. The number of hydrogen-bond acceptors (Lipinski definition) is 4. The highest BCUT2D eigenvalue weighted by Gasteiger charge is 2.24. The van der Waals surface area contributed by atoms with Gasteiger partial charge in [0.2, 0.25) is 0 Å². The van der Waals surface area contributed by atoms with E-state index in [0.29, 0.717) is 6.61 Å². The van der Waals surface area contributed by atoms with Gasteiger partial charge in [0, 0.05) is 41.8 Å². The van der Waals surface area contributed by atoms with Crippen molar-refractivity contribution >= 4 is 10.9 Å². The molecule has 3 aromatic rings. The van der Waals surface area contributed by atoms with Gasteiger partial charge in [-0.3, -0.25) is 4.90 Å². The Morgan fingerprint density at radius 3 is 2.85 bits per heavy atom. The van der Waals surface area contributed by atoms with Gasteiger partial charge in [-0.25, -0.2) is 0 Å². The number of ether oxygens (including phenoxy) is 1. The van der Waals surface area contributed by atoms with Gasteiger partial charge in [0.25, 0.3) is 0 Å². The van der Waals surface area contributed by atoms with Gasteiger partial charge in [-0.1, -0.05) is 11.2 Å². The molecule has 1 fully saturated rings. The highest BCUT2D eigenvalue weighted by atomic mass is 16.5. The molecule has 1 aromatic carbocycles. The van der Waals surface area contributed by atoms with Crippen LogP contribution in [0.1, 0.15) is 40.3 Å². The van der Waals surface area contributed by atoms with Crippen LogP contribution in [0.25, 0.3) is 10.9 Å². The minimum atomic E-state index is 0.275. The van der Waals surface area contributed by atoms with E-state index < -0.39 is 0 Å². The lowest BCUT2D eigenvalue weighted by Gasteiger charge is -2.15. The molecule has 2 aromatic heterocycles. The number of aryl methyl sites for hydroxylation is 4. The van der Waals surface area contributed by atoms with Gasteiger partial charge in [-0.05, 0) is 57.4 Å². The minimum absolute atomic E-state index is 0.275. The monoisotopic (exact) mass is 353 g/mol. The first-order valence-corrected chi connectivity index (χ1v) is 9.34. The maximum Gasteiger partial charge on any atom is 0.139 e. The normalized spacial score (nSPS) is 18.2. The largest absolute Gasteiger partial charge is 0.372 e. The van der Waals surface area contributed by atoms with Gasteiger partial charge in [0.05, 0.1) is 18.4 Å². The summed E-state index contributed by atoms with van der Waals surface area (Å²) in [6.07, 6.45) is 1.35. The molecule has 1 atom stereocenters. The average Bonchev–Trinajstić information content (AvgIpc) is 3.27. The van der Waals surface area contributed by atoms with E-state index in [2.05, 4.69) is 47.1 Å². The van der Waals surface area contributed by atoms with Gasteiger partial charge < -0.3 is 14.2 Å². The fraction of sp³-hybridized carbons (Fsp3) is 0.476. The van der Waals surface area contributed by atoms with E-state index in [-0.39, 0.29) is 6.10 Å².